The van der Waals surface area contributed by atoms with Crippen LogP contribution in [0, 0.1) is 12.8 Å². The summed E-state index contributed by atoms with van der Waals surface area (Å²) >= 11 is 6.22. The SMILES string of the molecule is Cc1nnc(CN(C(=O)C(Cl)C(C)C)c2ccccc2)o1. The zero-order chi connectivity index (χ0) is 15.4. The number of aromatic nitrogens is 2. The highest BCUT2D eigenvalue weighted by molar-refractivity contribution is 6.33. The van der Waals surface area contributed by atoms with Crippen LogP contribution in [-0.2, 0) is 11.3 Å². The average Bonchev–Trinajstić information content (AvgIpc) is 2.89. The van der Waals surface area contributed by atoms with Gasteiger partial charge in [-0.05, 0) is 18.1 Å². The summed E-state index contributed by atoms with van der Waals surface area (Å²) in [5, 5.41) is 7.13. The van der Waals surface area contributed by atoms with E-state index in [0.717, 1.165) is 5.69 Å². The van der Waals surface area contributed by atoms with Crippen molar-refractivity contribution in [3.8, 4) is 0 Å². The van der Waals surface area contributed by atoms with Crippen molar-refractivity contribution in [1.82, 2.24) is 10.2 Å². The predicted molar refractivity (Wildman–Crippen MR) is 81.1 cm³/mol. The Morgan fingerprint density at radius 3 is 2.48 bits per heavy atom. The minimum absolute atomic E-state index is 0.0369. The zero-order valence-corrected chi connectivity index (χ0v) is 13.0. The van der Waals surface area contributed by atoms with Gasteiger partial charge in [-0.25, -0.2) is 0 Å². The molecule has 0 bridgehead atoms. The predicted octanol–water partition coefficient (Wildman–Crippen LogP) is 3.17. The lowest BCUT2D eigenvalue weighted by Crippen LogP contribution is -2.38. The number of rotatable bonds is 5. The molecule has 6 heteroatoms. The third-order valence-corrected chi connectivity index (χ3v) is 3.71. The number of hydrogen-bond donors (Lipinski definition) is 0. The van der Waals surface area contributed by atoms with Gasteiger partial charge in [0.15, 0.2) is 0 Å². The minimum Gasteiger partial charge on any atom is -0.424 e. The molecule has 1 unspecified atom stereocenters. The molecule has 0 saturated carbocycles. The lowest BCUT2D eigenvalue weighted by molar-refractivity contribution is -0.119. The van der Waals surface area contributed by atoms with Crippen LogP contribution in [0.3, 0.4) is 0 Å². The second-order valence-electron chi connectivity index (χ2n) is 5.12. The number of para-hydroxylation sites is 1. The third-order valence-electron chi connectivity index (χ3n) is 3.02. The molecule has 1 amide bonds. The number of halogens is 1. The number of carbonyl (C=O) groups is 1. The van der Waals surface area contributed by atoms with Crippen molar-refractivity contribution in [2.75, 3.05) is 4.90 Å². The zero-order valence-electron chi connectivity index (χ0n) is 12.3. The van der Waals surface area contributed by atoms with Gasteiger partial charge in [0.1, 0.15) is 11.9 Å². The molecule has 21 heavy (non-hydrogen) atoms. The van der Waals surface area contributed by atoms with Crippen LogP contribution in [0.1, 0.15) is 25.6 Å². The van der Waals surface area contributed by atoms with E-state index in [0.29, 0.717) is 11.8 Å². The van der Waals surface area contributed by atoms with Crippen molar-refractivity contribution in [2.24, 2.45) is 5.92 Å². The summed E-state index contributed by atoms with van der Waals surface area (Å²) in [6.45, 7) is 5.74. The van der Waals surface area contributed by atoms with E-state index in [1.54, 1.807) is 11.8 Å². The number of amides is 1. The first-order valence-corrected chi connectivity index (χ1v) is 7.22. The first-order chi connectivity index (χ1) is 9.99. The summed E-state index contributed by atoms with van der Waals surface area (Å²) < 4.78 is 5.37. The number of hydrogen-bond acceptors (Lipinski definition) is 4. The molecule has 0 radical (unpaired) electrons. The van der Waals surface area contributed by atoms with Gasteiger partial charge in [0.2, 0.25) is 17.7 Å². The molecule has 112 valence electrons. The standard InChI is InChI=1S/C15H18ClN3O2/c1-10(2)14(16)15(20)19(12-7-5-4-6-8-12)9-13-18-17-11(3)21-13/h4-8,10,14H,9H2,1-3H3. The average molecular weight is 308 g/mol. The van der Waals surface area contributed by atoms with E-state index in [4.69, 9.17) is 16.0 Å². The second-order valence-corrected chi connectivity index (χ2v) is 5.59. The number of anilines is 1. The molecule has 1 aromatic heterocycles. The Morgan fingerprint density at radius 1 is 1.29 bits per heavy atom. The fraction of sp³-hybridized carbons (Fsp3) is 0.400. The summed E-state index contributed by atoms with van der Waals surface area (Å²) in [6.07, 6.45) is 0. The molecule has 2 rings (SSSR count). The molecule has 1 atom stereocenters. The van der Waals surface area contributed by atoms with Crippen LogP contribution in [0.15, 0.2) is 34.7 Å². The maximum atomic E-state index is 12.6. The van der Waals surface area contributed by atoms with Crippen LogP contribution >= 0.6 is 11.6 Å². The van der Waals surface area contributed by atoms with E-state index in [1.807, 2.05) is 44.2 Å². The number of alkyl halides is 1. The van der Waals surface area contributed by atoms with Gasteiger partial charge in [-0.2, -0.15) is 0 Å². The molecule has 0 aliphatic rings. The van der Waals surface area contributed by atoms with E-state index in [1.165, 1.54) is 0 Å². The van der Waals surface area contributed by atoms with E-state index in [9.17, 15) is 4.79 Å². The Bertz CT molecular complexity index is 598. The first kappa shape index (κ1) is 15.5. The van der Waals surface area contributed by atoms with Gasteiger partial charge in [0.25, 0.3) is 0 Å². The molecule has 1 heterocycles. The highest BCUT2D eigenvalue weighted by Gasteiger charge is 2.27. The monoisotopic (exact) mass is 307 g/mol. The molecule has 0 fully saturated rings. The van der Waals surface area contributed by atoms with E-state index < -0.39 is 5.38 Å². The summed E-state index contributed by atoms with van der Waals surface area (Å²) in [5.41, 5.74) is 0.754. The molecule has 0 saturated heterocycles. The maximum Gasteiger partial charge on any atom is 0.245 e. The Morgan fingerprint density at radius 2 is 1.95 bits per heavy atom. The van der Waals surface area contributed by atoms with Gasteiger partial charge in [0.05, 0.1) is 0 Å². The summed E-state index contributed by atoms with van der Waals surface area (Å²) in [7, 11) is 0. The lowest BCUT2D eigenvalue weighted by atomic mass is 10.1. The Balaban J connectivity index is 2.28. The fourth-order valence-corrected chi connectivity index (χ4v) is 1.99. The quantitative estimate of drug-likeness (QED) is 0.796. The first-order valence-electron chi connectivity index (χ1n) is 6.78. The fourth-order valence-electron chi connectivity index (χ4n) is 1.88. The van der Waals surface area contributed by atoms with E-state index in [-0.39, 0.29) is 18.4 Å². The largest absolute Gasteiger partial charge is 0.424 e. The Labute approximate surface area is 128 Å². The molecule has 0 spiro atoms. The number of nitrogens with zero attached hydrogens (tertiary/aromatic N) is 3. The van der Waals surface area contributed by atoms with E-state index >= 15 is 0 Å². The van der Waals surface area contributed by atoms with Crippen LogP contribution in [0.5, 0.6) is 0 Å². The van der Waals surface area contributed by atoms with Crippen molar-refractivity contribution in [3.63, 3.8) is 0 Å². The molecule has 0 aliphatic carbocycles. The third kappa shape index (κ3) is 3.82. The van der Waals surface area contributed by atoms with E-state index in [2.05, 4.69) is 10.2 Å². The van der Waals surface area contributed by atoms with Gasteiger partial charge >= 0.3 is 0 Å². The van der Waals surface area contributed by atoms with Gasteiger partial charge < -0.3 is 9.32 Å². The molecule has 0 aliphatic heterocycles. The number of carbonyl (C=O) groups excluding carboxylic acids is 1. The van der Waals surface area contributed by atoms with Crippen molar-refractivity contribution in [3.05, 3.63) is 42.1 Å². The van der Waals surface area contributed by atoms with Crippen LogP contribution in [0.4, 0.5) is 5.69 Å². The highest BCUT2D eigenvalue weighted by Crippen LogP contribution is 2.21. The van der Waals surface area contributed by atoms with Crippen molar-refractivity contribution in [1.29, 1.82) is 0 Å². The topological polar surface area (TPSA) is 59.2 Å². The smallest absolute Gasteiger partial charge is 0.245 e. The second kappa shape index (κ2) is 6.72. The molecule has 2 aromatic rings. The molecule has 1 aromatic carbocycles. The lowest BCUT2D eigenvalue weighted by Gasteiger charge is -2.25. The highest BCUT2D eigenvalue weighted by atomic mass is 35.5. The van der Waals surface area contributed by atoms with Crippen LogP contribution < -0.4 is 4.90 Å². The van der Waals surface area contributed by atoms with Crippen LogP contribution in [0.25, 0.3) is 0 Å². The Kier molecular flexibility index (Phi) is 4.96. The summed E-state index contributed by atoms with van der Waals surface area (Å²) in [5.74, 6) is 0.720. The summed E-state index contributed by atoms with van der Waals surface area (Å²) in [6, 6.07) is 9.33. The van der Waals surface area contributed by atoms with Crippen LogP contribution in [0.2, 0.25) is 0 Å². The molecule has 5 nitrogen and oxygen atoms in total. The normalized spacial score (nSPS) is 12.4. The minimum atomic E-state index is -0.603. The number of benzene rings is 1. The molecule has 0 N–H and O–H groups in total. The van der Waals surface area contributed by atoms with Gasteiger partial charge in [-0.3, -0.25) is 4.79 Å². The Hall–Kier alpha value is -1.88. The maximum absolute atomic E-state index is 12.6. The molecular formula is C15H18ClN3O2. The van der Waals surface area contributed by atoms with Crippen LogP contribution in [-0.4, -0.2) is 21.5 Å². The van der Waals surface area contributed by atoms with Crippen molar-refractivity contribution >= 4 is 23.2 Å². The molecular weight excluding hydrogens is 290 g/mol. The number of aryl methyl sites for hydroxylation is 1. The van der Waals surface area contributed by atoms with Crippen molar-refractivity contribution < 1.29 is 9.21 Å². The van der Waals surface area contributed by atoms with Gasteiger partial charge in [-0.15, -0.1) is 21.8 Å². The van der Waals surface area contributed by atoms with Gasteiger partial charge in [0, 0.05) is 12.6 Å². The summed E-state index contributed by atoms with van der Waals surface area (Å²) in [4.78, 5) is 14.2. The van der Waals surface area contributed by atoms with Crippen molar-refractivity contribution in [2.45, 2.75) is 32.7 Å². The van der Waals surface area contributed by atoms with Gasteiger partial charge in [-0.1, -0.05) is 32.0 Å².